The van der Waals surface area contributed by atoms with Gasteiger partial charge in [0.15, 0.2) is 5.54 Å². The molecular formula is C16H20N4O4. The molecule has 1 atom stereocenters. The molecule has 0 radical (unpaired) electrons. The molecule has 8 heteroatoms. The lowest BCUT2D eigenvalue weighted by Gasteiger charge is -2.39. The van der Waals surface area contributed by atoms with Crippen LogP contribution >= 0.6 is 0 Å². The molecule has 1 aliphatic heterocycles. The second-order valence-electron chi connectivity index (χ2n) is 6.71. The maximum Gasteiger partial charge on any atom is 0.325 e. The van der Waals surface area contributed by atoms with Gasteiger partial charge >= 0.3 is 12.0 Å². The SMILES string of the molecule is CC(C)(C)[C@]1(c2ccc(C(=N)N)cc2)NC(=O)N(CC(=O)O)C1=O. The first kappa shape index (κ1) is 17.5. The van der Waals surface area contributed by atoms with Gasteiger partial charge in [-0.2, -0.15) is 0 Å². The molecular weight excluding hydrogens is 312 g/mol. The average molecular weight is 332 g/mol. The Labute approximate surface area is 139 Å². The highest BCUT2D eigenvalue weighted by molar-refractivity contribution is 6.09. The van der Waals surface area contributed by atoms with Crippen molar-refractivity contribution in [2.75, 3.05) is 6.54 Å². The van der Waals surface area contributed by atoms with E-state index >= 15 is 0 Å². The maximum atomic E-state index is 13.0. The fourth-order valence-corrected chi connectivity index (χ4v) is 2.89. The molecule has 1 fully saturated rings. The number of amides is 3. The Morgan fingerprint density at radius 1 is 1.29 bits per heavy atom. The Hall–Kier alpha value is -2.90. The molecule has 1 saturated heterocycles. The van der Waals surface area contributed by atoms with Crippen molar-refractivity contribution in [1.82, 2.24) is 10.2 Å². The fraction of sp³-hybridized carbons (Fsp3) is 0.375. The van der Waals surface area contributed by atoms with Gasteiger partial charge in [-0.25, -0.2) is 4.79 Å². The summed E-state index contributed by atoms with van der Waals surface area (Å²) in [4.78, 5) is 36.8. The predicted molar refractivity (Wildman–Crippen MR) is 86.5 cm³/mol. The fourth-order valence-electron chi connectivity index (χ4n) is 2.89. The van der Waals surface area contributed by atoms with Crippen LogP contribution in [0.5, 0.6) is 0 Å². The number of benzene rings is 1. The largest absolute Gasteiger partial charge is 0.480 e. The minimum atomic E-state index is -1.39. The minimum absolute atomic E-state index is 0.111. The normalized spacial score (nSPS) is 20.9. The monoisotopic (exact) mass is 332 g/mol. The van der Waals surface area contributed by atoms with Gasteiger partial charge in [-0.3, -0.25) is 19.9 Å². The summed E-state index contributed by atoms with van der Waals surface area (Å²) in [5.41, 5.74) is 4.32. The van der Waals surface area contributed by atoms with Crippen molar-refractivity contribution in [3.63, 3.8) is 0 Å². The number of urea groups is 1. The zero-order chi connectivity index (χ0) is 18.3. The Morgan fingerprint density at radius 3 is 2.25 bits per heavy atom. The summed E-state index contributed by atoms with van der Waals surface area (Å²) in [7, 11) is 0. The molecule has 0 aromatic heterocycles. The average Bonchev–Trinajstić information content (AvgIpc) is 2.72. The van der Waals surface area contributed by atoms with Crippen LogP contribution in [0.1, 0.15) is 31.9 Å². The number of carbonyl (C=O) groups is 3. The third kappa shape index (κ3) is 2.60. The van der Waals surface area contributed by atoms with E-state index in [2.05, 4.69) is 5.32 Å². The molecule has 0 unspecified atom stereocenters. The molecule has 5 N–H and O–H groups in total. The van der Waals surface area contributed by atoms with E-state index in [1.807, 2.05) is 0 Å². The number of nitrogen functional groups attached to an aromatic ring is 1. The zero-order valence-corrected chi connectivity index (χ0v) is 13.7. The number of imide groups is 1. The molecule has 0 saturated carbocycles. The molecule has 1 aromatic rings. The Kier molecular flexibility index (Phi) is 4.09. The smallest absolute Gasteiger partial charge is 0.325 e. The van der Waals surface area contributed by atoms with Gasteiger partial charge in [0.25, 0.3) is 5.91 Å². The van der Waals surface area contributed by atoms with Crippen molar-refractivity contribution in [2.24, 2.45) is 11.1 Å². The summed E-state index contributed by atoms with van der Waals surface area (Å²) >= 11 is 0. The molecule has 0 bridgehead atoms. The van der Waals surface area contributed by atoms with Crippen molar-refractivity contribution in [3.05, 3.63) is 35.4 Å². The molecule has 0 spiro atoms. The number of aliphatic carboxylic acids is 1. The van der Waals surface area contributed by atoms with Gasteiger partial charge in [0, 0.05) is 5.56 Å². The van der Waals surface area contributed by atoms with Crippen LogP contribution in [0.4, 0.5) is 4.79 Å². The maximum absolute atomic E-state index is 13.0. The standard InChI is InChI=1S/C16H20N4O4/c1-15(2,3)16(10-6-4-9(5-7-10)12(17)18)13(23)20(8-11(21)22)14(24)19-16/h4-7H,8H2,1-3H3,(H3,17,18)(H,19,24)(H,21,22)/t16-/m1/s1. The van der Waals surface area contributed by atoms with Crippen LogP contribution in [0.3, 0.4) is 0 Å². The van der Waals surface area contributed by atoms with Gasteiger partial charge < -0.3 is 16.2 Å². The van der Waals surface area contributed by atoms with Crippen LogP contribution in [0.2, 0.25) is 0 Å². The zero-order valence-electron chi connectivity index (χ0n) is 13.7. The van der Waals surface area contributed by atoms with Gasteiger partial charge in [-0.1, -0.05) is 45.0 Å². The lowest BCUT2D eigenvalue weighted by molar-refractivity contribution is -0.144. The summed E-state index contributed by atoms with van der Waals surface area (Å²) in [6.45, 7) is 4.66. The highest BCUT2D eigenvalue weighted by Crippen LogP contribution is 2.43. The van der Waals surface area contributed by atoms with Crippen LogP contribution in [0, 0.1) is 10.8 Å². The number of rotatable bonds is 4. The second kappa shape index (κ2) is 5.63. The Morgan fingerprint density at radius 2 is 1.83 bits per heavy atom. The summed E-state index contributed by atoms with van der Waals surface area (Å²) in [6.07, 6.45) is 0. The molecule has 128 valence electrons. The molecule has 2 rings (SSSR count). The van der Waals surface area contributed by atoms with Crippen molar-refractivity contribution in [1.29, 1.82) is 5.41 Å². The lowest BCUT2D eigenvalue weighted by atomic mass is 9.69. The number of carboxylic acids is 1. The van der Waals surface area contributed by atoms with E-state index in [0.29, 0.717) is 16.0 Å². The number of carbonyl (C=O) groups excluding carboxylic acids is 2. The molecule has 24 heavy (non-hydrogen) atoms. The molecule has 1 aromatic carbocycles. The van der Waals surface area contributed by atoms with E-state index in [1.165, 1.54) is 0 Å². The van der Waals surface area contributed by atoms with Crippen molar-refractivity contribution in [2.45, 2.75) is 26.3 Å². The van der Waals surface area contributed by atoms with Crippen LogP contribution < -0.4 is 11.1 Å². The number of nitrogens with two attached hydrogens (primary N) is 1. The number of amidine groups is 1. The number of hydrogen-bond donors (Lipinski definition) is 4. The number of nitrogens with one attached hydrogen (secondary N) is 2. The van der Waals surface area contributed by atoms with Crippen molar-refractivity contribution < 1.29 is 19.5 Å². The predicted octanol–water partition coefficient (Wildman–Crippen LogP) is 0.848. The van der Waals surface area contributed by atoms with E-state index in [4.69, 9.17) is 16.2 Å². The first-order chi connectivity index (χ1) is 11.0. The van der Waals surface area contributed by atoms with E-state index in [0.717, 1.165) is 0 Å². The van der Waals surface area contributed by atoms with E-state index in [-0.39, 0.29) is 5.84 Å². The molecule has 3 amide bonds. The number of hydrogen-bond acceptors (Lipinski definition) is 4. The minimum Gasteiger partial charge on any atom is -0.480 e. The van der Waals surface area contributed by atoms with Gasteiger partial charge in [0.2, 0.25) is 0 Å². The van der Waals surface area contributed by atoms with Crippen LogP contribution in [0.25, 0.3) is 0 Å². The lowest BCUT2D eigenvalue weighted by Crippen LogP contribution is -2.54. The number of nitrogens with zero attached hydrogens (tertiary/aromatic N) is 1. The van der Waals surface area contributed by atoms with Crippen molar-refractivity contribution in [3.8, 4) is 0 Å². The van der Waals surface area contributed by atoms with Crippen LogP contribution in [-0.4, -0.2) is 40.3 Å². The third-order valence-electron chi connectivity index (χ3n) is 4.15. The van der Waals surface area contributed by atoms with Crippen molar-refractivity contribution >= 4 is 23.7 Å². The summed E-state index contributed by atoms with van der Waals surface area (Å²) in [5, 5.41) is 19.0. The van der Waals surface area contributed by atoms with E-state index in [1.54, 1.807) is 45.0 Å². The summed E-state index contributed by atoms with van der Waals surface area (Å²) in [5.74, 6) is -1.99. The molecule has 1 heterocycles. The molecule has 1 aliphatic rings. The van der Waals surface area contributed by atoms with Gasteiger partial charge in [-0.05, 0) is 11.0 Å². The summed E-state index contributed by atoms with van der Waals surface area (Å²) in [6, 6.07) is 5.66. The van der Waals surface area contributed by atoms with E-state index in [9.17, 15) is 14.4 Å². The quantitative estimate of drug-likeness (QED) is 0.368. The molecule has 0 aliphatic carbocycles. The van der Waals surface area contributed by atoms with Crippen LogP contribution in [0.15, 0.2) is 24.3 Å². The number of carboxylic acid groups (broad SMARTS) is 1. The molecule has 8 nitrogen and oxygen atoms in total. The Balaban J connectivity index is 2.57. The summed E-state index contributed by atoms with van der Waals surface area (Å²) < 4.78 is 0. The third-order valence-corrected chi connectivity index (χ3v) is 4.15. The van der Waals surface area contributed by atoms with Gasteiger partial charge in [0.1, 0.15) is 12.4 Å². The van der Waals surface area contributed by atoms with E-state index < -0.39 is 35.4 Å². The first-order valence-corrected chi connectivity index (χ1v) is 7.31. The van der Waals surface area contributed by atoms with Crippen LogP contribution in [-0.2, 0) is 15.1 Å². The van der Waals surface area contributed by atoms with Gasteiger partial charge in [-0.15, -0.1) is 0 Å². The van der Waals surface area contributed by atoms with Gasteiger partial charge in [0.05, 0.1) is 0 Å². The topological polar surface area (TPSA) is 137 Å². The second-order valence-corrected chi connectivity index (χ2v) is 6.71. The first-order valence-electron chi connectivity index (χ1n) is 7.31. The highest BCUT2D eigenvalue weighted by Gasteiger charge is 2.59. The Bertz CT molecular complexity index is 721. The highest BCUT2D eigenvalue weighted by atomic mass is 16.4.